The van der Waals surface area contributed by atoms with E-state index in [9.17, 15) is 5.11 Å². The van der Waals surface area contributed by atoms with Crippen molar-refractivity contribution in [1.82, 2.24) is 15.6 Å². The molecule has 26 heavy (non-hydrogen) atoms. The van der Waals surface area contributed by atoms with Gasteiger partial charge in [0.05, 0.1) is 11.6 Å². The molecule has 0 fully saturated rings. The highest BCUT2D eigenvalue weighted by atomic mass is 127. The van der Waals surface area contributed by atoms with Crippen molar-refractivity contribution in [3.8, 4) is 5.75 Å². The molecule has 0 amide bonds. The van der Waals surface area contributed by atoms with Crippen LogP contribution in [-0.4, -0.2) is 29.1 Å². The number of benzene rings is 1. The van der Waals surface area contributed by atoms with Crippen molar-refractivity contribution in [2.24, 2.45) is 4.99 Å². The van der Waals surface area contributed by atoms with Crippen LogP contribution in [0.25, 0.3) is 0 Å². The third-order valence-corrected chi connectivity index (χ3v) is 5.10. The van der Waals surface area contributed by atoms with Gasteiger partial charge in [0.2, 0.25) is 0 Å². The van der Waals surface area contributed by atoms with Crippen molar-refractivity contribution < 1.29 is 5.11 Å². The Morgan fingerprint density at radius 1 is 1.19 bits per heavy atom. The number of halogens is 1. The second-order valence-corrected chi connectivity index (χ2v) is 7.22. The van der Waals surface area contributed by atoms with E-state index in [4.69, 9.17) is 0 Å². The smallest absolute Gasteiger partial charge is 0.191 e. The summed E-state index contributed by atoms with van der Waals surface area (Å²) in [5.41, 5.74) is 2.87. The lowest BCUT2D eigenvalue weighted by atomic mass is 10.1. The molecule has 2 aromatic rings. The Hall–Kier alpha value is -1.35. The molecular formula is C19H29IN4OS. The molecule has 1 aromatic carbocycles. The number of aromatic nitrogens is 1. The van der Waals surface area contributed by atoms with Gasteiger partial charge in [-0.05, 0) is 43.9 Å². The molecule has 1 aromatic heterocycles. The standard InChI is InChI=1S/C19H28N4OS.HI/c1-5-16-12-22-17(25-16)7-8-21-19(20-6-2)23-11-15-9-13(3)18(24)14(4)10-15;/h9-10,12,24H,5-8,11H2,1-4H3,(H2,20,21,23);1H. The molecule has 5 nitrogen and oxygen atoms in total. The number of nitrogens with zero attached hydrogens (tertiary/aromatic N) is 2. The SMILES string of the molecule is CCNC(=NCc1cc(C)c(O)c(C)c1)NCCc1ncc(CC)s1.I. The fourth-order valence-electron chi connectivity index (χ4n) is 2.56. The first-order chi connectivity index (χ1) is 12.0. The summed E-state index contributed by atoms with van der Waals surface area (Å²) in [7, 11) is 0. The van der Waals surface area contributed by atoms with Gasteiger partial charge >= 0.3 is 0 Å². The molecule has 7 heteroatoms. The largest absolute Gasteiger partial charge is 0.507 e. The molecular weight excluding hydrogens is 459 g/mol. The number of aliphatic imine (C=N–C) groups is 1. The Kier molecular flexibility index (Phi) is 9.93. The first kappa shape index (κ1) is 22.7. The number of phenolic OH excluding ortho intramolecular Hbond substituents is 1. The molecule has 3 N–H and O–H groups in total. The van der Waals surface area contributed by atoms with E-state index >= 15 is 0 Å². The minimum Gasteiger partial charge on any atom is -0.507 e. The first-order valence-electron chi connectivity index (χ1n) is 8.78. The van der Waals surface area contributed by atoms with Crippen LogP contribution >= 0.6 is 35.3 Å². The average Bonchev–Trinajstić information content (AvgIpc) is 3.05. The van der Waals surface area contributed by atoms with Gasteiger partial charge in [0.15, 0.2) is 5.96 Å². The fraction of sp³-hybridized carbons (Fsp3) is 0.474. The number of aryl methyl sites for hydroxylation is 3. The molecule has 0 radical (unpaired) electrons. The minimum atomic E-state index is 0. The Labute approximate surface area is 177 Å². The van der Waals surface area contributed by atoms with Crippen molar-refractivity contribution in [3.63, 3.8) is 0 Å². The summed E-state index contributed by atoms with van der Waals surface area (Å²) in [4.78, 5) is 10.4. The van der Waals surface area contributed by atoms with Crippen molar-refractivity contribution in [2.75, 3.05) is 13.1 Å². The van der Waals surface area contributed by atoms with Crippen LogP contribution in [0.5, 0.6) is 5.75 Å². The van der Waals surface area contributed by atoms with E-state index in [1.54, 1.807) is 11.3 Å². The Morgan fingerprint density at radius 3 is 2.46 bits per heavy atom. The summed E-state index contributed by atoms with van der Waals surface area (Å²) >= 11 is 1.78. The van der Waals surface area contributed by atoms with Crippen LogP contribution in [0.3, 0.4) is 0 Å². The normalized spacial score (nSPS) is 11.2. The molecule has 0 bridgehead atoms. The molecule has 0 unspecified atom stereocenters. The number of aromatic hydroxyl groups is 1. The van der Waals surface area contributed by atoms with E-state index in [1.807, 2.05) is 32.2 Å². The number of nitrogens with one attached hydrogen (secondary N) is 2. The highest BCUT2D eigenvalue weighted by Crippen LogP contribution is 2.23. The second kappa shape index (κ2) is 11.4. The molecule has 0 atom stereocenters. The molecule has 0 saturated carbocycles. The van der Waals surface area contributed by atoms with Gasteiger partial charge < -0.3 is 15.7 Å². The number of thiazole rings is 1. The number of rotatable bonds is 7. The van der Waals surface area contributed by atoms with Crippen LogP contribution in [0.2, 0.25) is 0 Å². The van der Waals surface area contributed by atoms with Gasteiger partial charge in [-0.15, -0.1) is 35.3 Å². The Morgan fingerprint density at radius 2 is 1.88 bits per heavy atom. The number of hydrogen-bond acceptors (Lipinski definition) is 4. The van der Waals surface area contributed by atoms with E-state index < -0.39 is 0 Å². The molecule has 0 aliphatic rings. The third kappa shape index (κ3) is 6.75. The van der Waals surface area contributed by atoms with Crippen molar-refractivity contribution in [2.45, 2.75) is 47.1 Å². The topological polar surface area (TPSA) is 69.5 Å². The van der Waals surface area contributed by atoms with Crippen LogP contribution in [0.1, 0.15) is 40.4 Å². The van der Waals surface area contributed by atoms with E-state index in [1.165, 1.54) is 4.88 Å². The molecule has 0 saturated heterocycles. The second-order valence-electron chi connectivity index (χ2n) is 6.02. The third-order valence-electron chi connectivity index (χ3n) is 3.90. The Bertz CT molecular complexity index is 707. The van der Waals surface area contributed by atoms with E-state index in [-0.39, 0.29) is 24.0 Å². The highest BCUT2D eigenvalue weighted by Gasteiger charge is 2.05. The van der Waals surface area contributed by atoms with Gasteiger partial charge in [0.25, 0.3) is 0 Å². The van der Waals surface area contributed by atoms with Gasteiger partial charge in [0.1, 0.15) is 5.75 Å². The van der Waals surface area contributed by atoms with Gasteiger partial charge in [-0.25, -0.2) is 9.98 Å². The summed E-state index contributed by atoms with van der Waals surface area (Å²) in [6.45, 7) is 10.2. The summed E-state index contributed by atoms with van der Waals surface area (Å²) in [6.07, 6.45) is 3.90. The maximum atomic E-state index is 9.87. The minimum absolute atomic E-state index is 0. The molecule has 0 aliphatic carbocycles. The summed E-state index contributed by atoms with van der Waals surface area (Å²) < 4.78 is 0. The average molecular weight is 488 g/mol. The molecule has 1 heterocycles. The highest BCUT2D eigenvalue weighted by molar-refractivity contribution is 14.0. The summed E-state index contributed by atoms with van der Waals surface area (Å²) in [5, 5.41) is 17.7. The fourth-order valence-corrected chi connectivity index (χ4v) is 3.43. The maximum Gasteiger partial charge on any atom is 0.191 e. The van der Waals surface area contributed by atoms with Gasteiger partial charge in [-0.3, -0.25) is 0 Å². The Balaban J connectivity index is 0.00000338. The van der Waals surface area contributed by atoms with Crippen LogP contribution in [0.4, 0.5) is 0 Å². The monoisotopic (exact) mass is 488 g/mol. The zero-order valence-corrected chi connectivity index (χ0v) is 19.1. The lowest BCUT2D eigenvalue weighted by molar-refractivity contribution is 0.466. The lowest BCUT2D eigenvalue weighted by Crippen LogP contribution is -2.38. The van der Waals surface area contributed by atoms with Crippen LogP contribution < -0.4 is 10.6 Å². The maximum absolute atomic E-state index is 9.87. The molecule has 2 rings (SSSR count). The van der Waals surface area contributed by atoms with Crippen molar-refractivity contribution >= 4 is 41.3 Å². The predicted molar refractivity (Wildman–Crippen MR) is 121 cm³/mol. The van der Waals surface area contributed by atoms with Crippen molar-refractivity contribution in [3.05, 3.63) is 44.9 Å². The molecule has 144 valence electrons. The van der Waals surface area contributed by atoms with Crippen LogP contribution in [-0.2, 0) is 19.4 Å². The van der Waals surface area contributed by atoms with Gasteiger partial charge in [-0.1, -0.05) is 19.1 Å². The number of guanidine groups is 1. The van der Waals surface area contributed by atoms with E-state index in [0.717, 1.165) is 53.6 Å². The number of phenols is 1. The van der Waals surface area contributed by atoms with Crippen molar-refractivity contribution in [1.29, 1.82) is 0 Å². The van der Waals surface area contributed by atoms with Crippen LogP contribution in [0, 0.1) is 13.8 Å². The zero-order valence-electron chi connectivity index (χ0n) is 15.9. The predicted octanol–water partition coefficient (Wildman–Crippen LogP) is 3.94. The molecule has 0 aliphatic heterocycles. The molecule has 0 spiro atoms. The lowest BCUT2D eigenvalue weighted by Gasteiger charge is -2.11. The quantitative estimate of drug-likeness (QED) is 0.314. The zero-order chi connectivity index (χ0) is 18.2. The van der Waals surface area contributed by atoms with E-state index in [0.29, 0.717) is 12.3 Å². The van der Waals surface area contributed by atoms with E-state index in [2.05, 4.69) is 34.5 Å². The van der Waals surface area contributed by atoms with Gasteiger partial charge in [0, 0.05) is 30.6 Å². The van der Waals surface area contributed by atoms with Crippen LogP contribution in [0.15, 0.2) is 23.3 Å². The number of hydrogen-bond donors (Lipinski definition) is 3. The first-order valence-corrected chi connectivity index (χ1v) is 9.60. The van der Waals surface area contributed by atoms with Gasteiger partial charge in [-0.2, -0.15) is 0 Å². The summed E-state index contributed by atoms with van der Waals surface area (Å²) in [6, 6.07) is 3.97. The summed E-state index contributed by atoms with van der Waals surface area (Å²) in [5.74, 6) is 1.17.